The topological polar surface area (TPSA) is 89.3 Å². The Morgan fingerprint density at radius 3 is 2.68 bits per heavy atom. The molecule has 0 unspecified atom stereocenters. The number of hydrogen-bond donors (Lipinski definition) is 1. The molecular formula is C20H19N3O4S. The van der Waals surface area contributed by atoms with Gasteiger partial charge in [0.05, 0.1) is 24.1 Å². The molecular weight excluding hydrogens is 378 g/mol. The molecule has 0 radical (unpaired) electrons. The summed E-state index contributed by atoms with van der Waals surface area (Å²) in [4.78, 5) is 23.5. The van der Waals surface area contributed by atoms with Crippen molar-refractivity contribution in [3.8, 4) is 11.5 Å². The number of carbonyl (C=O) groups excluding carboxylic acids is 2. The summed E-state index contributed by atoms with van der Waals surface area (Å²) in [5.41, 5.74) is 2.25. The van der Waals surface area contributed by atoms with Crippen LogP contribution in [-0.4, -0.2) is 35.6 Å². The minimum atomic E-state index is -0.456. The molecule has 1 fully saturated rings. The van der Waals surface area contributed by atoms with Gasteiger partial charge in [-0.05, 0) is 49.7 Å². The first-order valence-electron chi connectivity index (χ1n) is 8.64. The van der Waals surface area contributed by atoms with E-state index in [-0.39, 0.29) is 5.91 Å². The molecule has 0 aromatic heterocycles. The molecule has 0 aliphatic carbocycles. The van der Waals surface area contributed by atoms with E-state index in [0.29, 0.717) is 34.6 Å². The molecule has 144 valence electrons. The first-order chi connectivity index (χ1) is 13.5. The highest BCUT2D eigenvalue weighted by atomic mass is 32.2. The van der Waals surface area contributed by atoms with Gasteiger partial charge in [0.1, 0.15) is 0 Å². The van der Waals surface area contributed by atoms with E-state index in [0.717, 1.165) is 11.1 Å². The average molecular weight is 397 g/mol. The third-order valence-electron chi connectivity index (χ3n) is 3.70. The minimum Gasteiger partial charge on any atom is -0.490 e. The number of carbonyl (C=O) groups is 2. The average Bonchev–Trinajstić information content (AvgIpc) is 3.09. The molecule has 7 nitrogen and oxygen atoms in total. The standard InChI is InChI=1S/C20H19N3O4S/c1-3-26-17-10-14(11-21-23-20-22-18(24)12-28-20)6-9-16(17)27-19(25)15-7-4-13(2)5-8-15/h4-11H,3,12H2,1-2H3,(H,22,23,24). The van der Waals surface area contributed by atoms with Crippen LogP contribution in [0.2, 0.25) is 0 Å². The van der Waals surface area contributed by atoms with Crippen LogP contribution in [0.1, 0.15) is 28.4 Å². The van der Waals surface area contributed by atoms with Gasteiger partial charge in [-0.25, -0.2) is 4.79 Å². The van der Waals surface area contributed by atoms with Gasteiger partial charge in [0.25, 0.3) is 0 Å². The Labute approximate surface area is 166 Å². The lowest BCUT2D eigenvalue weighted by molar-refractivity contribution is -0.116. The fraction of sp³-hybridized carbons (Fsp3) is 0.200. The Morgan fingerprint density at radius 2 is 2.00 bits per heavy atom. The monoisotopic (exact) mass is 397 g/mol. The zero-order valence-corrected chi connectivity index (χ0v) is 16.3. The summed E-state index contributed by atoms with van der Waals surface area (Å²) < 4.78 is 11.1. The maximum absolute atomic E-state index is 12.4. The second-order valence-corrected chi connectivity index (χ2v) is 6.85. The first kappa shape index (κ1) is 19.6. The number of amidine groups is 1. The predicted octanol–water partition coefficient (Wildman–Crippen LogP) is 3.17. The van der Waals surface area contributed by atoms with Crippen molar-refractivity contribution in [1.29, 1.82) is 0 Å². The Bertz CT molecular complexity index is 939. The summed E-state index contributed by atoms with van der Waals surface area (Å²) in [5, 5.41) is 11.0. The van der Waals surface area contributed by atoms with Crippen LogP contribution in [0.15, 0.2) is 52.7 Å². The van der Waals surface area contributed by atoms with Crippen molar-refractivity contribution in [1.82, 2.24) is 5.32 Å². The largest absolute Gasteiger partial charge is 0.490 e. The van der Waals surface area contributed by atoms with Gasteiger partial charge in [0.15, 0.2) is 16.7 Å². The Kier molecular flexibility index (Phi) is 6.44. The van der Waals surface area contributed by atoms with Crippen molar-refractivity contribution in [3.05, 3.63) is 59.2 Å². The quantitative estimate of drug-likeness (QED) is 0.350. The van der Waals surface area contributed by atoms with E-state index in [9.17, 15) is 9.59 Å². The third kappa shape index (κ3) is 5.20. The van der Waals surface area contributed by atoms with Crippen molar-refractivity contribution < 1.29 is 19.1 Å². The van der Waals surface area contributed by atoms with Crippen LogP contribution in [0, 0.1) is 6.92 Å². The van der Waals surface area contributed by atoms with E-state index < -0.39 is 5.97 Å². The molecule has 2 aromatic carbocycles. The van der Waals surface area contributed by atoms with Crippen LogP contribution < -0.4 is 14.8 Å². The highest BCUT2D eigenvalue weighted by Crippen LogP contribution is 2.29. The lowest BCUT2D eigenvalue weighted by Crippen LogP contribution is -2.19. The van der Waals surface area contributed by atoms with E-state index in [2.05, 4.69) is 15.5 Å². The van der Waals surface area contributed by atoms with E-state index in [1.54, 1.807) is 30.3 Å². The Hall–Kier alpha value is -3.13. The van der Waals surface area contributed by atoms with E-state index in [1.807, 2.05) is 26.0 Å². The van der Waals surface area contributed by atoms with Gasteiger partial charge in [-0.1, -0.05) is 29.5 Å². The number of rotatable bonds is 6. The van der Waals surface area contributed by atoms with Gasteiger partial charge in [-0.15, -0.1) is 5.10 Å². The van der Waals surface area contributed by atoms with Crippen LogP contribution in [0.3, 0.4) is 0 Å². The highest BCUT2D eigenvalue weighted by Gasteiger charge is 2.16. The number of thioether (sulfide) groups is 1. The van der Waals surface area contributed by atoms with Crippen molar-refractivity contribution >= 4 is 35.0 Å². The molecule has 0 saturated carbocycles. The fourth-order valence-corrected chi connectivity index (χ4v) is 2.96. The number of nitrogens with one attached hydrogen (secondary N) is 1. The van der Waals surface area contributed by atoms with Crippen LogP contribution in [-0.2, 0) is 4.79 Å². The summed E-state index contributed by atoms with van der Waals surface area (Å²) in [5.74, 6) is 0.571. The predicted molar refractivity (Wildman–Crippen MR) is 109 cm³/mol. The maximum Gasteiger partial charge on any atom is 0.343 e. The Balaban J connectivity index is 1.74. The SMILES string of the molecule is CCOc1cc(C=NN=C2NC(=O)CS2)ccc1OC(=O)c1ccc(C)cc1. The molecule has 1 saturated heterocycles. The normalized spacial score (nSPS) is 15.1. The molecule has 1 heterocycles. The number of nitrogens with zero attached hydrogens (tertiary/aromatic N) is 2. The number of aryl methyl sites for hydroxylation is 1. The van der Waals surface area contributed by atoms with Gasteiger partial charge in [-0.2, -0.15) is 5.10 Å². The molecule has 1 aliphatic heterocycles. The van der Waals surface area contributed by atoms with Gasteiger partial charge < -0.3 is 14.8 Å². The zero-order chi connectivity index (χ0) is 19.9. The first-order valence-corrected chi connectivity index (χ1v) is 9.63. The van der Waals surface area contributed by atoms with Crippen LogP contribution in [0.4, 0.5) is 0 Å². The van der Waals surface area contributed by atoms with E-state index >= 15 is 0 Å². The van der Waals surface area contributed by atoms with Gasteiger partial charge >= 0.3 is 5.97 Å². The molecule has 3 rings (SSSR count). The molecule has 8 heteroatoms. The third-order valence-corrected chi connectivity index (χ3v) is 4.56. The summed E-state index contributed by atoms with van der Waals surface area (Å²) in [6, 6.07) is 12.3. The second-order valence-electron chi connectivity index (χ2n) is 5.88. The zero-order valence-electron chi connectivity index (χ0n) is 15.5. The van der Waals surface area contributed by atoms with E-state index in [1.165, 1.54) is 18.0 Å². The van der Waals surface area contributed by atoms with Crippen LogP contribution in [0.25, 0.3) is 0 Å². The van der Waals surface area contributed by atoms with Crippen LogP contribution in [0.5, 0.6) is 11.5 Å². The molecule has 28 heavy (non-hydrogen) atoms. The summed E-state index contributed by atoms with van der Waals surface area (Å²) in [6.45, 7) is 4.21. The number of benzene rings is 2. The summed E-state index contributed by atoms with van der Waals surface area (Å²) >= 11 is 1.30. The number of amides is 1. The molecule has 2 aromatic rings. The molecule has 1 aliphatic rings. The Morgan fingerprint density at radius 1 is 1.21 bits per heavy atom. The maximum atomic E-state index is 12.4. The number of esters is 1. The molecule has 0 bridgehead atoms. The lowest BCUT2D eigenvalue weighted by atomic mass is 10.1. The number of ether oxygens (including phenoxy) is 2. The van der Waals surface area contributed by atoms with Gasteiger partial charge in [0.2, 0.25) is 5.91 Å². The molecule has 0 spiro atoms. The smallest absolute Gasteiger partial charge is 0.343 e. The second kappa shape index (κ2) is 9.18. The number of hydrogen-bond acceptors (Lipinski definition) is 7. The van der Waals surface area contributed by atoms with E-state index in [4.69, 9.17) is 9.47 Å². The van der Waals surface area contributed by atoms with Crippen LogP contribution >= 0.6 is 11.8 Å². The van der Waals surface area contributed by atoms with Crippen molar-refractivity contribution in [2.75, 3.05) is 12.4 Å². The molecule has 1 N–H and O–H groups in total. The summed E-state index contributed by atoms with van der Waals surface area (Å²) in [7, 11) is 0. The van der Waals surface area contributed by atoms with Gasteiger partial charge in [0, 0.05) is 0 Å². The molecule has 0 atom stereocenters. The lowest BCUT2D eigenvalue weighted by Gasteiger charge is -2.11. The van der Waals surface area contributed by atoms with Gasteiger partial charge in [-0.3, -0.25) is 4.79 Å². The minimum absolute atomic E-state index is 0.0858. The fourth-order valence-electron chi connectivity index (χ4n) is 2.33. The highest BCUT2D eigenvalue weighted by molar-refractivity contribution is 8.15. The van der Waals surface area contributed by atoms with Crippen molar-refractivity contribution in [2.45, 2.75) is 13.8 Å². The molecule has 1 amide bonds. The van der Waals surface area contributed by atoms with Crippen molar-refractivity contribution in [2.24, 2.45) is 10.2 Å². The van der Waals surface area contributed by atoms with Crippen molar-refractivity contribution in [3.63, 3.8) is 0 Å². The summed E-state index contributed by atoms with van der Waals surface area (Å²) in [6.07, 6.45) is 1.53.